The summed E-state index contributed by atoms with van der Waals surface area (Å²) >= 11 is 0. The number of nitrogens with one attached hydrogen (secondary N) is 1. The number of ether oxygens (including phenoxy) is 1. The van der Waals surface area contributed by atoms with Gasteiger partial charge in [-0.1, -0.05) is 0 Å². The van der Waals surface area contributed by atoms with E-state index in [0.717, 1.165) is 0 Å². The molecule has 1 heterocycles. The van der Waals surface area contributed by atoms with Crippen LogP contribution in [0.3, 0.4) is 0 Å². The van der Waals surface area contributed by atoms with Crippen molar-refractivity contribution in [2.45, 2.75) is 26.3 Å². The van der Waals surface area contributed by atoms with E-state index >= 15 is 0 Å². The van der Waals surface area contributed by atoms with Gasteiger partial charge in [0.15, 0.2) is 0 Å². The highest BCUT2D eigenvalue weighted by Gasteiger charge is 2.35. The molecule has 3 amide bonds. The Balaban J connectivity index is 2.92. The maximum Gasteiger partial charge on any atom is 0.422 e. The minimum absolute atomic E-state index is 0.0567. The molecule has 5 nitrogen and oxygen atoms in total. The van der Waals surface area contributed by atoms with E-state index in [4.69, 9.17) is 0 Å². The first-order valence-corrected chi connectivity index (χ1v) is 3.84. The molecular weight excluding hydrogens is 172 g/mol. The summed E-state index contributed by atoms with van der Waals surface area (Å²) in [7, 11) is 0. The molecule has 0 unspecified atom stereocenters. The minimum atomic E-state index is -0.782. The lowest BCUT2D eigenvalue weighted by Gasteiger charge is -2.37. The van der Waals surface area contributed by atoms with E-state index in [1.165, 1.54) is 4.90 Å². The summed E-state index contributed by atoms with van der Waals surface area (Å²) in [6, 6.07) is -0.506. The summed E-state index contributed by atoms with van der Waals surface area (Å²) in [5.41, 5.74) is -0.456. The molecule has 1 aliphatic rings. The molecule has 0 radical (unpaired) electrons. The normalized spacial score (nSPS) is 18.4. The number of carbonyl (C=O) groups is 2. The molecule has 5 heteroatoms. The van der Waals surface area contributed by atoms with Gasteiger partial charge < -0.3 is 4.74 Å². The van der Waals surface area contributed by atoms with Gasteiger partial charge in [0.2, 0.25) is 5.88 Å². The second kappa shape index (κ2) is 2.76. The first kappa shape index (κ1) is 9.57. The van der Waals surface area contributed by atoms with Crippen LogP contribution in [0.5, 0.6) is 0 Å². The third kappa shape index (κ3) is 1.80. The van der Waals surface area contributed by atoms with Crippen molar-refractivity contribution in [3.8, 4) is 0 Å². The number of amides is 3. The molecule has 1 N–H and O–H groups in total. The van der Waals surface area contributed by atoms with E-state index in [0.29, 0.717) is 0 Å². The number of hydrogen-bond donors (Lipinski definition) is 1. The zero-order valence-electron chi connectivity index (χ0n) is 7.88. The predicted molar refractivity (Wildman–Crippen MR) is 45.7 cm³/mol. The number of hydrogen-bond acceptors (Lipinski definition) is 3. The Hall–Kier alpha value is -1.52. The number of cyclic esters (lactones) is 1. The van der Waals surface area contributed by atoms with Crippen molar-refractivity contribution < 1.29 is 14.3 Å². The van der Waals surface area contributed by atoms with Gasteiger partial charge in [0.25, 0.3) is 0 Å². The topological polar surface area (TPSA) is 58.6 Å². The number of imide groups is 1. The van der Waals surface area contributed by atoms with E-state index in [2.05, 4.69) is 11.3 Å². The number of urea groups is 1. The van der Waals surface area contributed by atoms with Gasteiger partial charge in [-0.15, -0.1) is 0 Å². The van der Waals surface area contributed by atoms with Gasteiger partial charge in [0, 0.05) is 5.54 Å². The molecule has 0 aromatic rings. The average molecular weight is 184 g/mol. The van der Waals surface area contributed by atoms with Crippen LogP contribution in [0.1, 0.15) is 20.8 Å². The van der Waals surface area contributed by atoms with Crippen LogP contribution < -0.4 is 5.32 Å². The lowest BCUT2D eigenvalue weighted by Crippen LogP contribution is -2.55. The third-order valence-corrected chi connectivity index (χ3v) is 1.54. The van der Waals surface area contributed by atoms with Gasteiger partial charge in [0.05, 0.1) is 0 Å². The second-order valence-corrected chi connectivity index (χ2v) is 3.72. The lowest BCUT2D eigenvalue weighted by molar-refractivity contribution is 0.0803. The quantitative estimate of drug-likeness (QED) is 0.619. The first-order chi connectivity index (χ1) is 5.82. The van der Waals surface area contributed by atoms with E-state index in [1.807, 2.05) is 26.1 Å². The van der Waals surface area contributed by atoms with Crippen LogP contribution in [0, 0.1) is 0 Å². The summed E-state index contributed by atoms with van der Waals surface area (Å²) in [5, 5.41) is 2.03. The van der Waals surface area contributed by atoms with Gasteiger partial charge in [-0.25, -0.2) is 14.9 Å². The Morgan fingerprint density at radius 3 is 2.31 bits per heavy atom. The zero-order valence-corrected chi connectivity index (χ0v) is 7.88. The Kier molecular flexibility index (Phi) is 2.03. The molecule has 1 aliphatic heterocycles. The van der Waals surface area contributed by atoms with Crippen molar-refractivity contribution in [3.05, 3.63) is 12.5 Å². The minimum Gasteiger partial charge on any atom is -0.393 e. The van der Waals surface area contributed by atoms with Crippen LogP contribution in [-0.4, -0.2) is 22.6 Å². The largest absolute Gasteiger partial charge is 0.422 e. The van der Waals surface area contributed by atoms with Crippen molar-refractivity contribution in [2.24, 2.45) is 0 Å². The zero-order chi connectivity index (χ0) is 10.2. The van der Waals surface area contributed by atoms with Crippen LogP contribution in [0.4, 0.5) is 9.59 Å². The summed E-state index contributed by atoms with van der Waals surface area (Å²) < 4.78 is 4.66. The Labute approximate surface area is 76.3 Å². The molecular formula is C8H12N2O3. The average Bonchev–Trinajstić information content (AvgIpc) is 1.78. The second-order valence-electron chi connectivity index (χ2n) is 3.72. The van der Waals surface area contributed by atoms with Crippen molar-refractivity contribution in [1.82, 2.24) is 10.2 Å². The van der Waals surface area contributed by atoms with E-state index in [9.17, 15) is 9.59 Å². The molecule has 0 spiro atoms. The summed E-state index contributed by atoms with van der Waals surface area (Å²) in [6.07, 6.45) is -0.782. The fraction of sp³-hybridized carbons (Fsp3) is 0.500. The number of rotatable bonds is 0. The van der Waals surface area contributed by atoms with E-state index < -0.39 is 17.7 Å². The number of nitrogens with zero attached hydrogens (tertiary/aromatic N) is 1. The van der Waals surface area contributed by atoms with Gasteiger partial charge >= 0.3 is 12.1 Å². The highest BCUT2D eigenvalue weighted by molar-refractivity contribution is 5.94. The van der Waals surface area contributed by atoms with Crippen molar-refractivity contribution in [3.63, 3.8) is 0 Å². The number of alkyl carbamates (subject to hydrolysis) is 1. The molecule has 1 rings (SSSR count). The fourth-order valence-electron chi connectivity index (χ4n) is 1.11. The molecule has 1 saturated heterocycles. The summed E-state index contributed by atoms with van der Waals surface area (Å²) in [6.45, 7) is 8.93. The van der Waals surface area contributed by atoms with Crippen LogP contribution in [-0.2, 0) is 4.74 Å². The first-order valence-electron chi connectivity index (χ1n) is 3.84. The van der Waals surface area contributed by atoms with Gasteiger partial charge in [-0.05, 0) is 27.4 Å². The molecule has 0 aliphatic carbocycles. The molecule has 0 saturated carbocycles. The maximum absolute atomic E-state index is 11.3. The van der Waals surface area contributed by atoms with Gasteiger partial charge in [0.1, 0.15) is 0 Å². The van der Waals surface area contributed by atoms with Crippen molar-refractivity contribution >= 4 is 12.1 Å². The lowest BCUT2D eigenvalue weighted by atomic mass is 10.1. The number of carbonyl (C=O) groups excluding carboxylic acids is 2. The summed E-state index contributed by atoms with van der Waals surface area (Å²) in [4.78, 5) is 23.3. The van der Waals surface area contributed by atoms with Crippen LogP contribution >= 0.6 is 0 Å². The van der Waals surface area contributed by atoms with Crippen molar-refractivity contribution in [2.75, 3.05) is 0 Å². The van der Waals surface area contributed by atoms with Crippen LogP contribution in [0.2, 0.25) is 0 Å². The third-order valence-electron chi connectivity index (χ3n) is 1.54. The molecule has 0 aromatic heterocycles. The van der Waals surface area contributed by atoms with E-state index in [-0.39, 0.29) is 5.88 Å². The Bertz CT molecular complexity index is 258. The SMILES string of the molecule is C=C1OC(=O)NC(=O)N1C(C)(C)C. The molecule has 0 atom stereocenters. The Morgan fingerprint density at radius 2 is 1.92 bits per heavy atom. The highest BCUT2D eigenvalue weighted by atomic mass is 16.6. The van der Waals surface area contributed by atoms with Crippen molar-refractivity contribution in [1.29, 1.82) is 0 Å². The monoisotopic (exact) mass is 184 g/mol. The smallest absolute Gasteiger partial charge is 0.393 e. The molecule has 13 heavy (non-hydrogen) atoms. The fourth-order valence-corrected chi connectivity index (χ4v) is 1.11. The maximum atomic E-state index is 11.3. The van der Waals surface area contributed by atoms with E-state index in [1.54, 1.807) is 0 Å². The highest BCUT2D eigenvalue weighted by Crippen LogP contribution is 2.21. The van der Waals surface area contributed by atoms with Gasteiger partial charge in [-0.2, -0.15) is 0 Å². The standard InChI is InChI=1S/C8H12N2O3/c1-5-10(8(2,3)4)6(11)9-7(12)13-5/h1H2,2-4H3,(H,9,11,12). The van der Waals surface area contributed by atoms with Gasteiger partial charge in [-0.3, -0.25) is 4.90 Å². The molecule has 72 valence electrons. The molecule has 0 aromatic carbocycles. The van der Waals surface area contributed by atoms with Crippen LogP contribution in [0.25, 0.3) is 0 Å². The molecule has 1 fully saturated rings. The Morgan fingerprint density at radius 1 is 1.38 bits per heavy atom. The predicted octanol–water partition coefficient (Wildman–Crippen LogP) is 1.42. The van der Waals surface area contributed by atoms with Crippen LogP contribution in [0.15, 0.2) is 12.5 Å². The molecule has 0 bridgehead atoms. The summed E-state index contributed by atoms with van der Waals surface area (Å²) in [5.74, 6) is 0.0567.